The lowest BCUT2D eigenvalue weighted by Crippen LogP contribution is -2.47. The van der Waals surface area contributed by atoms with Crippen LogP contribution in [0.25, 0.3) is 0 Å². The van der Waals surface area contributed by atoms with Gasteiger partial charge in [0.15, 0.2) is 0 Å². The first-order valence-electron chi connectivity index (χ1n) is 5.20. The van der Waals surface area contributed by atoms with Crippen molar-refractivity contribution >= 4 is 5.91 Å². The Bertz CT molecular complexity index is 239. The molecule has 0 saturated carbocycles. The zero-order valence-electron chi connectivity index (χ0n) is 9.90. The minimum absolute atomic E-state index is 0.0294. The molecule has 3 nitrogen and oxygen atoms in total. The zero-order valence-corrected chi connectivity index (χ0v) is 9.90. The summed E-state index contributed by atoms with van der Waals surface area (Å²) in [6, 6.07) is 0. The highest BCUT2D eigenvalue weighted by molar-refractivity contribution is 5.81. The molecular formula is C10H19F3N2O. The molecule has 96 valence electrons. The number of nitrogens with two attached hydrogens (primary N) is 1. The number of carbonyl (C=O) groups is 1. The predicted molar refractivity (Wildman–Crippen MR) is 55.8 cm³/mol. The van der Waals surface area contributed by atoms with Gasteiger partial charge in [-0.1, -0.05) is 20.8 Å². The minimum atomic E-state index is -4.38. The number of alkyl halides is 3. The molecule has 0 fully saturated rings. The fourth-order valence-electron chi connectivity index (χ4n) is 1.20. The molecule has 0 aliphatic rings. The van der Waals surface area contributed by atoms with Gasteiger partial charge in [-0.25, -0.2) is 0 Å². The SMILES string of the molecule is CCC(C)(C)C(=O)N(CCN)CC(F)(F)F. The molecule has 0 radical (unpaired) electrons. The van der Waals surface area contributed by atoms with E-state index in [0.29, 0.717) is 6.42 Å². The van der Waals surface area contributed by atoms with E-state index < -0.39 is 24.0 Å². The van der Waals surface area contributed by atoms with Crippen molar-refractivity contribution in [1.29, 1.82) is 0 Å². The van der Waals surface area contributed by atoms with Crippen molar-refractivity contribution < 1.29 is 18.0 Å². The largest absolute Gasteiger partial charge is 0.406 e. The quantitative estimate of drug-likeness (QED) is 0.796. The summed E-state index contributed by atoms with van der Waals surface area (Å²) >= 11 is 0. The molecule has 0 aromatic rings. The van der Waals surface area contributed by atoms with E-state index in [0.717, 1.165) is 4.90 Å². The maximum absolute atomic E-state index is 12.2. The van der Waals surface area contributed by atoms with Crippen molar-refractivity contribution in [2.75, 3.05) is 19.6 Å². The third-order valence-corrected chi connectivity index (χ3v) is 2.52. The van der Waals surface area contributed by atoms with Crippen LogP contribution in [0, 0.1) is 5.41 Å². The van der Waals surface area contributed by atoms with Gasteiger partial charge >= 0.3 is 6.18 Å². The van der Waals surface area contributed by atoms with Gasteiger partial charge in [0.2, 0.25) is 5.91 Å². The van der Waals surface area contributed by atoms with Crippen LogP contribution in [-0.2, 0) is 4.79 Å². The third-order valence-electron chi connectivity index (χ3n) is 2.52. The van der Waals surface area contributed by atoms with Crippen molar-refractivity contribution in [3.8, 4) is 0 Å². The number of hydrogen-bond acceptors (Lipinski definition) is 2. The molecular weight excluding hydrogens is 221 g/mol. The topological polar surface area (TPSA) is 46.3 Å². The molecule has 0 aliphatic heterocycles. The number of halogens is 3. The molecule has 0 aromatic carbocycles. The summed E-state index contributed by atoms with van der Waals surface area (Å²) in [4.78, 5) is 12.6. The standard InChI is InChI=1S/C10H19F3N2O/c1-4-9(2,3)8(16)15(6-5-14)7-10(11,12)13/h4-7,14H2,1-3H3. The maximum Gasteiger partial charge on any atom is 0.406 e. The van der Waals surface area contributed by atoms with Gasteiger partial charge in [0, 0.05) is 18.5 Å². The molecule has 0 aliphatic carbocycles. The average molecular weight is 240 g/mol. The van der Waals surface area contributed by atoms with Gasteiger partial charge in [-0.2, -0.15) is 13.2 Å². The Hall–Kier alpha value is -0.780. The second kappa shape index (κ2) is 5.52. The molecule has 0 unspecified atom stereocenters. The van der Waals surface area contributed by atoms with E-state index in [9.17, 15) is 18.0 Å². The van der Waals surface area contributed by atoms with E-state index in [1.54, 1.807) is 20.8 Å². The molecule has 2 N–H and O–H groups in total. The van der Waals surface area contributed by atoms with Crippen LogP contribution in [0.4, 0.5) is 13.2 Å². The van der Waals surface area contributed by atoms with Gasteiger partial charge in [0.1, 0.15) is 6.54 Å². The number of carbonyl (C=O) groups excluding carboxylic acids is 1. The van der Waals surface area contributed by atoms with Crippen LogP contribution in [0.2, 0.25) is 0 Å². The lowest BCUT2D eigenvalue weighted by molar-refractivity contribution is -0.166. The van der Waals surface area contributed by atoms with Crippen LogP contribution in [0.5, 0.6) is 0 Å². The Labute approximate surface area is 93.8 Å². The number of rotatable bonds is 5. The van der Waals surface area contributed by atoms with Crippen LogP contribution in [-0.4, -0.2) is 36.6 Å². The molecule has 0 spiro atoms. The van der Waals surface area contributed by atoms with Crippen LogP contribution < -0.4 is 5.73 Å². The summed E-state index contributed by atoms with van der Waals surface area (Å²) in [6.07, 6.45) is -3.89. The number of hydrogen-bond donors (Lipinski definition) is 1. The van der Waals surface area contributed by atoms with Gasteiger partial charge in [-0.15, -0.1) is 0 Å². The normalized spacial score (nSPS) is 12.7. The van der Waals surface area contributed by atoms with Crippen molar-refractivity contribution in [3.63, 3.8) is 0 Å². The summed E-state index contributed by atoms with van der Waals surface area (Å²) in [5.41, 5.74) is 4.43. The molecule has 0 heterocycles. The first-order chi connectivity index (χ1) is 7.14. The molecule has 1 amide bonds. The smallest absolute Gasteiger partial charge is 0.332 e. The molecule has 0 saturated heterocycles. The van der Waals surface area contributed by atoms with Gasteiger partial charge in [-0.05, 0) is 6.42 Å². The Morgan fingerprint density at radius 3 is 2.12 bits per heavy atom. The van der Waals surface area contributed by atoms with E-state index in [-0.39, 0.29) is 13.1 Å². The first-order valence-corrected chi connectivity index (χ1v) is 5.20. The van der Waals surface area contributed by atoms with E-state index >= 15 is 0 Å². The van der Waals surface area contributed by atoms with E-state index in [4.69, 9.17) is 5.73 Å². The molecule has 0 aromatic heterocycles. The molecule has 6 heteroatoms. The summed E-state index contributed by atoms with van der Waals surface area (Å²) in [7, 11) is 0. The van der Waals surface area contributed by atoms with Gasteiger partial charge in [0.05, 0.1) is 0 Å². The zero-order chi connectivity index (χ0) is 13.0. The molecule has 16 heavy (non-hydrogen) atoms. The summed E-state index contributed by atoms with van der Waals surface area (Å²) < 4.78 is 36.7. The lowest BCUT2D eigenvalue weighted by atomic mass is 9.88. The van der Waals surface area contributed by atoms with Crippen LogP contribution in [0.3, 0.4) is 0 Å². The fourth-order valence-corrected chi connectivity index (χ4v) is 1.20. The van der Waals surface area contributed by atoms with E-state index in [2.05, 4.69) is 0 Å². The number of nitrogens with zero attached hydrogens (tertiary/aromatic N) is 1. The Morgan fingerprint density at radius 2 is 1.81 bits per heavy atom. The maximum atomic E-state index is 12.2. The van der Waals surface area contributed by atoms with Crippen molar-refractivity contribution in [2.45, 2.75) is 33.4 Å². The molecule has 0 bridgehead atoms. The minimum Gasteiger partial charge on any atom is -0.332 e. The van der Waals surface area contributed by atoms with E-state index in [1.807, 2.05) is 0 Å². The highest BCUT2D eigenvalue weighted by Crippen LogP contribution is 2.25. The molecule has 0 rings (SSSR count). The fraction of sp³-hybridized carbons (Fsp3) is 0.900. The predicted octanol–water partition coefficient (Wildman–Crippen LogP) is 1.77. The highest BCUT2D eigenvalue weighted by atomic mass is 19.4. The Morgan fingerprint density at radius 1 is 1.31 bits per heavy atom. The van der Waals surface area contributed by atoms with Crippen molar-refractivity contribution in [3.05, 3.63) is 0 Å². The van der Waals surface area contributed by atoms with Crippen LogP contribution in [0.1, 0.15) is 27.2 Å². The van der Waals surface area contributed by atoms with Gasteiger partial charge < -0.3 is 10.6 Å². The average Bonchev–Trinajstić information content (AvgIpc) is 2.14. The number of amides is 1. The first kappa shape index (κ1) is 15.2. The van der Waals surface area contributed by atoms with Gasteiger partial charge in [0.25, 0.3) is 0 Å². The van der Waals surface area contributed by atoms with Crippen molar-refractivity contribution in [1.82, 2.24) is 4.90 Å². The second-order valence-electron chi connectivity index (χ2n) is 4.37. The van der Waals surface area contributed by atoms with E-state index in [1.165, 1.54) is 0 Å². The van der Waals surface area contributed by atoms with Crippen LogP contribution >= 0.6 is 0 Å². The Balaban J connectivity index is 4.72. The highest BCUT2D eigenvalue weighted by Gasteiger charge is 2.37. The Kier molecular flexibility index (Phi) is 5.25. The third kappa shape index (κ3) is 4.83. The van der Waals surface area contributed by atoms with Gasteiger partial charge in [-0.3, -0.25) is 4.79 Å². The summed E-state index contributed by atoms with van der Waals surface area (Å²) in [6.45, 7) is 3.77. The van der Waals surface area contributed by atoms with Crippen molar-refractivity contribution in [2.24, 2.45) is 11.1 Å². The lowest BCUT2D eigenvalue weighted by Gasteiger charge is -2.31. The summed E-state index contributed by atoms with van der Waals surface area (Å²) in [5.74, 6) is -0.502. The van der Waals surface area contributed by atoms with Crippen LogP contribution in [0.15, 0.2) is 0 Å². The second-order valence-corrected chi connectivity index (χ2v) is 4.37. The summed E-state index contributed by atoms with van der Waals surface area (Å²) in [5, 5.41) is 0. The molecule has 0 atom stereocenters. The monoisotopic (exact) mass is 240 g/mol.